The number of hydrogen-bond acceptors (Lipinski definition) is 2. The molecule has 88 valence electrons. The van der Waals surface area contributed by atoms with Crippen molar-refractivity contribution < 1.29 is 4.79 Å². The fourth-order valence-corrected chi connectivity index (χ4v) is 2.36. The average molecular weight is 211 g/mol. The molecular formula is C13H25NO. The normalized spacial score (nSPS) is 23.7. The third-order valence-electron chi connectivity index (χ3n) is 3.41. The van der Waals surface area contributed by atoms with E-state index >= 15 is 0 Å². The highest BCUT2D eigenvalue weighted by Crippen LogP contribution is 2.16. The van der Waals surface area contributed by atoms with Gasteiger partial charge < -0.3 is 9.69 Å². The molecule has 0 radical (unpaired) electrons. The van der Waals surface area contributed by atoms with Crippen LogP contribution in [0.1, 0.15) is 58.8 Å². The number of likely N-dealkylation sites (tertiary alicyclic amines) is 1. The van der Waals surface area contributed by atoms with Gasteiger partial charge in [-0.25, -0.2) is 0 Å². The van der Waals surface area contributed by atoms with Crippen molar-refractivity contribution in [1.82, 2.24) is 4.90 Å². The molecule has 1 aliphatic heterocycles. The van der Waals surface area contributed by atoms with E-state index in [-0.39, 0.29) is 0 Å². The van der Waals surface area contributed by atoms with Crippen LogP contribution in [-0.2, 0) is 4.79 Å². The third kappa shape index (κ3) is 5.31. The van der Waals surface area contributed by atoms with Gasteiger partial charge in [-0.2, -0.15) is 0 Å². The van der Waals surface area contributed by atoms with Crippen molar-refractivity contribution in [2.45, 2.75) is 64.8 Å². The van der Waals surface area contributed by atoms with Crippen LogP contribution in [0.25, 0.3) is 0 Å². The summed E-state index contributed by atoms with van der Waals surface area (Å²) in [5.41, 5.74) is 0. The maximum Gasteiger partial charge on any atom is 0.129 e. The highest BCUT2D eigenvalue weighted by molar-refractivity contribution is 5.75. The molecule has 1 atom stereocenters. The average Bonchev–Trinajstić information content (AvgIpc) is 2.38. The van der Waals surface area contributed by atoms with Gasteiger partial charge in [0.2, 0.25) is 0 Å². The first kappa shape index (κ1) is 12.7. The summed E-state index contributed by atoms with van der Waals surface area (Å²) >= 11 is 0. The molecule has 1 saturated heterocycles. The Bertz CT molecular complexity index is 191. The summed E-state index contributed by atoms with van der Waals surface area (Å²) in [6, 6.07) is 0.754. The molecule has 0 aromatic heterocycles. The number of unbranched alkanes of at least 4 members (excludes halogenated alkanes) is 1. The summed E-state index contributed by atoms with van der Waals surface area (Å²) in [4.78, 5) is 13.4. The van der Waals surface area contributed by atoms with E-state index in [9.17, 15) is 4.79 Å². The zero-order valence-electron chi connectivity index (χ0n) is 10.3. The Kier molecular flexibility index (Phi) is 5.92. The van der Waals surface area contributed by atoms with Crippen molar-refractivity contribution in [3.8, 4) is 0 Å². The largest absolute Gasteiger partial charge is 0.301 e. The van der Waals surface area contributed by atoms with Gasteiger partial charge in [-0.3, -0.25) is 0 Å². The number of carbonyl (C=O) groups is 1. The van der Waals surface area contributed by atoms with E-state index in [0.717, 1.165) is 18.9 Å². The van der Waals surface area contributed by atoms with Crippen molar-refractivity contribution in [3.63, 3.8) is 0 Å². The van der Waals surface area contributed by atoms with Gasteiger partial charge in [0.25, 0.3) is 0 Å². The topological polar surface area (TPSA) is 20.3 Å². The molecule has 0 bridgehead atoms. The zero-order chi connectivity index (χ0) is 11.1. The zero-order valence-corrected chi connectivity index (χ0v) is 10.3. The van der Waals surface area contributed by atoms with E-state index in [1.807, 2.05) is 0 Å². The molecule has 1 fully saturated rings. The molecule has 1 unspecified atom stereocenters. The van der Waals surface area contributed by atoms with Crippen molar-refractivity contribution in [2.24, 2.45) is 0 Å². The van der Waals surface area contributed by atoms with Crippen molar-refractivity contribution in [3.05, 3.63) is 0 Å². The maximum atomic E-state index is 10.8. The molecule has 0 spiro atoms. The Morgan fingerprint density at radius 3 is 2.80 bits per heavy atom. The summed E-state index contributed by atoms with van der Waals surface area (Å²) < 4.78 is 0. The number of hydrogen-bond donors (Lipinski definition) is 0. The minimum Gasteiger partial charge on any atom is -0.301 e. The first-order chi connectivity index (χ1) is 7.20. The van der Waals surface area contributed by atoms with Crippen molar-refractivity contribution >= 4 is 5.78 Å². The van der Waals surface area contributed by atoms with Gasteiger partial charge in [0.1, 0.15) is 5.78 Å². The van der Waals surface area contributed by atoms with E-state index in [0.29, 0.717) is 5.78 Å². The lowest BCUT2D eigenvalue weighted by Crippen LogP contribution is -2.33. The first-order valence-corrected chi connectivity index (χ1v) is 6.43. The number of Topliss-reactive ketones (excluding diaryl/α,β-unsaturated/α-hetero) is 1. The van der Waals surface area contributed by atoms with Crippen LogP contribution in [0.2, 0.25) is 0 Å². The van der Waals surface area contributed by atoms with Gasteiger partial charge >= 0.3 is 0 Å². The summed E-state index contributed by atoms with van der Waals surface area (Å²) in [5, 5.41) is 0. The van der Waals surface area contributed by atoms with Crippen LogP contribution in [0.3, 0.4) is 0 Å². The second kappa shape index (κ2) is 7.00. The second-order valence-corrected chi connectivity index (χ2v) is 4.89. The Labute approximate surface area is 94.0 Å². The summed E-state index contributed by atoms with van der Waals surface area (Å²) in [5.74, 6) is 0.332. The van der Waals surface area contributed by atoms with Gasteiger partial charge in [0, 0.05) is 12.5 Å². The molecule has 2 heteroatoms. The van der Waals surface area contributed by atoms with E-state index < -0.39 is 0 Å². The number of carbonyl (C=O) groups excluding carboxylic acids is 1. The highest BCUT2D eigenvalue weighted by atomic mass is 16.1. The van der Waals surface area contributed by atoms with E-state index in [1.54, 1.807) is 6.92 Å². The number of ketones is 1. The second-order valence-electron chi connectivity index (χ2n) is 4.89. The summed E-state index contributed by atoms with van der Waals surface area (Å²) in [6.07, 6.45) is 8.52. The minimum absolute atomic E-state index is 0.332. The van der Waals surface area contributed by atoms with Gasteiger partial charge in [0.05, 0.1) is 0 Å². The van der Waals surface area contributed by atoms with E-state index in [1.165, 1.54) is 45.2 Å². The molecule has 0 amide bonds. The van der Waals surface area contributed by atoms with Crippen molar-refractivity contribution in [2.75, 3.05) is 13.1 Å². The Morgan fingerprint density at radius 1 is 1.27 bits per heavy atom. The minimum atomic E-state index is 0.332. The van der Waals surface area contributed by atoms with Crippen molar-refractivity contribution in [1.29, 1.82) is 0 Å². The van der Waals surface area contributed by atoms with Gasteiger partial charge in [-0.15, -0.1) is 0 Å². The van der Waals surface area contributed by atoms with Gasteiger partial charge in [-0.05, 0) is 52.6 Å². The Balaban J connectivity index is 2.15. The van der Waals surface area contributed by atoms with Crippen LogP contribution in [0.4, 0.5) is 0 Å². The molecule has 0 aromatic carbocycles. The lowest BCUT2D eigenvalue weighted by molar-refractivity contribution is -0.117. The molecule has 1 rings (SSSR count). The third-order valence-corrected chi connectivity index (χ3v) is 3.41. The maximum absolute atomic E-state index is 10.8. The monoisotopic (exact) mass is 211 g/mol. The fraction of sp³-hybridized carbons (Fsp3) is 0.923. The van der Waals surface area contributed by atoms with Gasteiger partial charge in [0.15, 0.2) is 0 Å². The molecule has 15 heavy (non-hydrogen) atoms. The number of nitrogens with zero attached hydrogens (tertiary/aromatic N) is 1. The van der Waals surface area contributed by atoms with Crippen LogP contribution in [0, 0.1) is 0 Å². The molecule has 0 aromatic rings. The Morgan fingerprint density at radius 2 is 2.07 bits per heavy atom. The van der Waals surface area contributed by atoms with Crippen LogP contribution in [0.15, 0.2) is 0 Å². The molecule has 0 saturated carbocycles. The lowest BCUT2D eigenvalue weighted by Gasteiger charge is -2.26. The summed E-state index contributed by atoms with van der Waals surface area (Å²) in [6.45, 7) is 6.49. The van der Waals surface area contributed by atoms with Crippen LogP contribution < -0.4 is 0 Å². The van der Waals surface area contributed by atoms with Crippen LogP contribution in [0.5, 0.6) is 0 Å². The lowest BCUT2D eigenvalue weighted by atomic mass is 10.1. The van der Waals surface area contributed by atoms with E-state index in [4.69, 9.17) is 0 Å². The highest BCUT2D eigenvalue weighted by Gasteiger charge is 2.15. The molecule has 0 N–H and O–H groups in total. The quantitative estimate of drug-likeness (QED) is 0.652. The predicted octanol–water partition coefficient (Wildman–Crippen LogP) is 3.01. The molecule has 0 aliphatic carbocycles. The summed E-state index contributed by atoms with van der Waals surface area (Å²) in [7, 11) is 0. The van der Waals surface area contributed by atoms with E-state index in [2.05, 4.69) is 11.8 Å². The fourth-order valence-electron chi connectivity index (χ4n) is 2.36. The molecular weight excluding hydrogens is 186 g/mol. The predicted molar refractivity (Wildman–Crippen MR) is 64.0 cm³/mol. The SMILES string of the molecule is CC(=O)CCCCN1CCCCCC1C. The smallest absolute Gasteiger partial charge is 0.129 e. The molecule has 1 aliphatic rings. The molecule has 1 heterocycles. The number of rotatable bonds is 5. The first-order valence-electron chi connectivity index (χ1n) is 6.43. The standard InChI is InChI=1S/C13H25NO/c1-12-8-4-3-6-10-14(12)11-7-5-9-13(2)15/h12H,3-11H2,1-2H3. The van der Waals surface area contributed by atoms with Crippen LogP contribution >= 0.6 is 0 Å². The molecule has 2 nitrogen and oxygen atoms in total. The Hall–Kier alpha value is -0.370. The van der Waals surface area contributed by atoms with Gasteiger partial charge in [-0.1, -0.05) is 12.8 Å². The van der Waals surface area contributed by atoms with Crippen LogP contribution in [-0.4, -0.2) is 29.8 Å².